The second-order valence-corrected chi connectivity index (χ2v) is 7.00. The Morgan fingerprint density at radius 2 is 1.78 bits per heavy atom. The van der Waals surface area contributed by atoms with E-state index in [0.29, 0.717) is 6.42 Å². The van der Waals surface area contributed by atoms with Gasteiger partial charge in [-0.1, -0.05) is 30.3 Å². The molecule has 0 saturated carbocycles. The van der Waals surface area contributed by atoms with Crippen molar-refractivity contribution in [2.45, 2.75) is 25.7 Å². The molecule has 4 rings (SSSR count). The van der Waals surface area contributed by atoms with Crippen LogP contribution in [-0.2, 0) is 31.1 Å². The van der Waals surface area contributed by atoms with Crippen LogP contribution < -0.4 is 0 Å². The number of rotatable bonds is 4. The number of aromatic nitrogens is 3. The van der Waals surface area contributed by atoms with E-state index in [9.17, 15) is 4.79 Å². The Labute approximate surface area is 159 Å². The fourth-order valence-electron chi connectivity index (χ4n) is 3.81. The number of carbonyl (C=O) groups is 1. The Bertz CT molecular complexity index is 918. The summed E-state index contributed by atoms with van der Waals surface area (Å²) in [5.41, 5.74) is 5.89. The summed E-state index contributed by atoms with van der Waals surface area (Å²) in [6.45, 7) is 1.52. The Morgan fingerprint density at radius 1 is 1.04 bits per heavy atom. The lowest BCUT2D eigenvalue weighted by Crippen LogP contribution is -2.33. The Hall–Kier alpha value is -2.95. The number of aryl methyl sites for hydroxylation is 2. The van der Waals surface area contributed by atoms with Gasteiger partial charge in [-0.3, -0.25) is 14.5 Å². The molecule has 5 heteroatoms. The number of benzene rings is 1. The van der Waals surface area contributed by atoms with Crippen LogP contribution in [-0.4, -0.2) is 38.7 Å². The molecule has 5 nitrogen and oxygen atoms in total. The van der Waals surface area contributed by atoms with Crippen LogP contribution in [0.25, 0.3) is 11.3 Å². The van der Waals surface area contributed by atoms with Gasteiger partial charge in [-0.25, -0.2) is 0 Å². The Balaban J connectivity index is 1.46. The molecule has 0 spiro atoms. The number of amides is 1. The standard InChI is InChI=1S/C22H24N4O/c1-25-20-12-16-26(21(27)8-7-17-9-13-23-14-10-17)15-11-19(20)22(24-25)18-5-3-2-4-6-18/h2-6,9-10,13-14H,7-8,11-12,15-16H2,1H3. The van der Waals surface area contributed by atoms with Crippen LogP contribution in [0.15, 0.2) is 54.9 Å². The molecule has 0 N–H and O–H groups in total. The minimum absolute atomic E-state index is 0.230. The quantitative estimate of drug-likeness (QED) is 0.719. The van der Waals surface area contributed by atoms with E-state index in [1.54, 1.807) is 12.4 Å². The maximum atomic E-state index is 12.7. The molecule has 0 aliphatic carbocycles. The van der Waals surface area contributed by atoms with E-state index in [0.717, 1.165) is 49.2 Å². The van der Waals surface area contributed by atoms with Gasteiger partial charge < -0.3 is 4.90 Å². The van der Waals surface area contributed by atoms with Crippen molar-refractivity contribution in [1.29, 1.82) is 0 Å². The average Bonchev–Trinajstić information content (AvgIpc) is 2.89. The molecule has 3 heterocycles. The summed E-state index contributed by atoms with van der Waals surface area (Å²) in [7, 11) is 2.01. The van der Waals surface area contributed by atoms with Gasteiger partial charge in [0.1, 0.15) is 0 Å². The highest BCUT2D eigenvalue weighted by Crippen LogP contribution is 2.28. The van der Waals surface area contributed by atoms with Crippen molar-refractivity contribution in [2.24, 2.45) is 7.05 Å². The van der Waals surface area contributed by atoms with Crippen molar-refractivity contribution >= 4 is 5.91 Å². The van der Waals surface area contributed by atoms with Gasteiger partial charge in [0.15, 0.2) is 0 Å². The van der Waals surface area contributed by atoms with Crippen molar-refractivity contribution in [3.05, 3.63) is 71.7 Å². The summed E-state index contributed by atoms with van der Waals surface area (Å²) >= 11 is 0. The predicted molar refractivity (Wildman–Crippen MR) is 105 cm³/mol. The summed E-state index contributed by atoms with van der Waals surface area (Å²) in [5, 5.41) is 4.76. The first-order valence-electron chi connectivity index (χ1n) is 9.49. The number of hydrogen-bond donors (Lipinski definition) is 0. The highest BCUT2D eigenvalue weighted by Gasteiger charge is 2.24. The molecule has 0 unspecified atom stereocenters. The molecule has 0 bridgehead atoms. The number of hydrogen-bond acceptors (Lipinski definition) is 3. The highest BCUT2D eigenvalue weighted by molar-refractivity contribution is 5.76. The van der Waals surface area contributed by atoms with E-state index in [4.69, 9.17) is 5.10 Å². The third-order valence-electron chi connectivity index (χ3n) is 5.30. The van der Waals surface area contributed by atoms with Crippen LogP contribution in [0.4, 0.5) is 0 Å². The highest BCUT2D eigenvalue weighted by atomic mass is 16.2. The van der Waals surface area contributed by atoms with E-state index < -0.39 is 0 Å². The fraction of sp³-hybridized carbons (Fsp3) is 0.318. The van der Waals surface area contributed by atoms with E-state index in [-0.39, 0.29) is 5.91 Å². The third-order valence-corrected chi connectivity index (χ3v) is 5.30. The maximum absolute atomic E-state index is 12.7. The van der Waals surface area contributed by atoms with Crippen molar-refractivity contribution in [1.82, 2.24) is 19.7 Å². The smallest absolute Gasteiger partial charge is 0.222 e. The summed E-state index contributed by atoms with van der Waals surface area (Å²) in [5.74, 6) is 0.230. The molecule has 0 fully saturated rings. The van der Waals surface area contributed by atoms with Crippen molar-refractivity contribution in [2.75, 3.05) is 13.1 Å². The molecular weight excluding hydrogens is 336 g/mol. The van der Waals surface area contributed by atoms with Gasteiger partial charge in [0.2, 0.25) is 5.91 Å². The van der Waals surface area contributed by atoms with Gasteiger partial charge >= 0.3 is 0 Å². The van der Waals surface area contributed by atoms with Crippen molar-refractivity contribution in [3.63, 3.8) is 0 Å². The SMILES string of the molecule is Cn1nc(-c2ccccc2)c2c1CCN(C(=O)CCc1ccncc1)CC2. The zero-order valence-electron chi connectivity index (χ0n) is 15.6. The molecule has 3 aromatic rings. The van der Waals surface area contributed by atoms with Crippen LogP contribution in [0, 0.1) is 0 Å². The first-order chi connectivity index (χ1) is 13.2. The number of pyridine rings is 1. The predicted octanol–water partition coefficient (Wildman–Crippen LogP) is 3.04. The molecule has 2 aromatic heterocycles. The molecule has 1 aromatic carbocycles. The topological polar surface area (TPSA) is 51.0 Å². The molecule has 1 aliphatic rings. The molecule has 1 amide bonds. The lowest BCUT2D eigenvalue weighted by Gasteiger charge is -2.20. The minimum Gasteiger partial charge on any atom is -0.342 e. The third kappa shape index (κ3) is 3.77. The first-order valence-corrected chi connectivity index (χ1v) is 9.49. The van der Waals surface area contributed by atoms with Crippen LogP contribution in [0.1, 0.15) is 23.2 Å². The molecule has 0 radical (unpaired) electrons. The van der Waals surface area contributed by atoms with Gasteiger partial charge in [0.25, 0.3) is 0 Å². The molecule has 1 aliphatic heterocycles. The molecule has 138 valence electrons. The van der Waals surface area contributed by atoms with E-state index in [1.165, 1.54) is 11.3 Å². The monoisotopic (exact) mass is 360 g/mol. The molecule has 0 atom stereocenters. The largest absolute Gasteiger partial charge is 0.342 e. The van der Waals surface area contributed by atoms with Gasteiger partial charge in [-0.2, -0.15) is 5.10 Å². The van der Waals surface area contributed by atoms with E-state index in [1.807, 2.05) is 47.0 Å². The zero-order valence-corrected chi connectivity index (χ0v) is 15.6. The number of carbonyl (C=O) groups excluding carboxylic acids is 1. The number of nitrogens with zero attached hydrogens (tertiary/aromatic N) is 4. The van der Waals surface area contributed by atoms with Crippen molar-refractivity contribution in [3.8, 4) is 11.3 Å². The lowest BCUT2D eigenvalue weighted by atomic mass is 10.0. The van der Waals surface area contributed by atoms with E-state index >= 15 is 0 Å². The average molecular weight is 360 g/mol. The summed E-state index contributed by atoms with van der Waals surface area (Å²) < 4.78 is 1.99. The molecular formula is C22H24N4O. The number of fused-ring (bicyclic) bond motifs is 1. The molecule has 27 heavy (non-hydrogen) atoms. The normalized spacial score (nSPS) is 13.9. The lowest BCUT2D eigenvalue weighted by molar-refractivity contribution is -0.131. The van der Waals surface area contributed by atoms with Crippen molar-refractivity contribution < 1.29 is 4.79 Å². The molecule has 0 saturated heterocycles. The summed E-state index contributed by atoms with van der Waals surface area (Å²) in [6.07, 6.45) is 6.58. The Kier molecular flexibility index (Phi) is 5.01. The summed E-state index contributed by atoms with van der Waals surface area (Å²) in [4.78, 5) is 18.8. The second kappa shape index (κ2) is 7.74. The first kappa shape index (κ1) is 17.5. The van der Waals surface area contributed by atoms with Crippen LogP contribution >= 0.6 is 0 Å². The zero-order chi connectivity index (χ0) is 18.6. The fourth-order valence-corrected chi connectivity index (χ4v) is 3.81. The Morgan fingerprint density at radius 3 is 2.56 bits per heavy atom. The summed E-state index contributed by atoms with van der Waals surface area (Å²) in [6, 6.07) is 14.3. The van der Waals surface area contributed by atoms with Gasteiger partial charge in [0.05, 0.1) is 5.69 Å². The van der Waals surface area contributed by atoms with Crippen LogP contribution in [0.5, 0.6) is 0 Å². The van der Waals surface area contributed by atoms with Gasteiger partial charge in [-0.05, 0) is 30.5 Å². The van der Waals surface area contributed by atoms with E-state index in [2.05, 4.69) is 17.1 Å². The van der Waals surface area contributed by atoms with Gasteiger partial charge in [-0.15, -0.1) is 0 Å². The van der Waals surface area contributed by atoms with Crippen LogP contribution in [0.3, 0.4) is 0 Å². The van der Waals surface area contributed by atoms with Crippen LogP contribution in [0.2, 0.25) is 0 Å². The second-order valence-electron chi connectivity index (χ2n) is 7.00. The minimum atomic E-state index is 0.230. The maximum Gasteiger partial charge on any atom is 0.222 e. The van der Waals surface area contributed by atoms with Gasteiger partial charge in [0, 0.05) is 62.2 Å².